The van der Waals surface area contributed by atoms with Crippen LogP contribution in [0.1, 0.15) is 10.6 Å². The highest BCUT2D eigenvalue weighted by atomic mass is 79.9. The van der Waals surface area contributed by atoms with Gasteiger partial charge in [-0.25, -0.2) is 0 Å². The second-order valence-corrected chi connectivity index (χ2v) is 5.93. The number of carbonyl (C=O) groups excluding carboxylic acids is 1. The van der Waals surface area contributed by atoms with Crippen molar-refractivity contribution in [1.29, 1.82) is 0 Å². The van der Waals surface area contributed by atoms with E-state index in [9.17, 15) is 4.79 Å². The maximum atomic E-state index is 12.2. The van der Waals surface area contributed by atoms with Crippen LogP contribution in [0.25, 0.3) is 11.3 Å². The van der Waals surface area contributed by atoms with Crippen LogP contribution in [-0.4, -0.2) is 5.91 Å². The highest BCUT2D eigenvalue weighted by molar-refractivity contribution is 9.10. The van der Waals surface area contributed by atoms with Gasteiger partial charge in [0.2, 0.25) is 0 Å². The first-order chi connectivity index (χ1) is 10.6. The highest BCUT2D eigenvalue weighted by Gasteiger charge is 2.14. The van der Waals surface area contributed by atoms with Crippen molar-refractivity contribution in [3.8, 4) is 11.3 Å². The SMILES string of the molecule is O=C(Nc1cccc(Br)c1)c1ccc(-c2ccccc2Cl)o1. The predicted octanol–water partition coefficient (Wildman–Crippen LogP) is 5.61. The third-order valence-corrected chi connectivity index (χ3v) is 3.87. The van der Waals surface area contributed by atoms with E-state index in [2.05, 4.69) is 21.2 Å². The summed E-state index contributed by atoms with van der Waals surface area (Å²) in [5.74, 6) is 0.483. The van der Waals surface area contributed by atoms with Gasteiger partial charge in [0.15, 0.2) is 5.76 Å². The fourth-order valence-corrected chi connectivity index (χ4v) is 2.65. The van der Waals surface area contributed by atoms with Crippen LogP contribution in [0.4, 0.5) is 5.69 Å². The lowest BCUT2D eigenvalue weighted by molar-refractivity contribution is 0.0997. The summed E-state index contributed by atoms with van der Waals surface area (Å²) in [6.45, 7) is 0. The Bertz CT molecular complexity index is 829. The van der Waals surface area contributed by atoms with Gasteiger partial charge in [0.25, 0.3) is 5.91 Å². The summed E-state index contributed by atoms with van der Waals surface area (Å²) in [4.78, 5) is 12.2. The van der Waals surface area contributed by atoms with Crippen LogP contribution in [0, 0.1) is 0 Å². The molecule has 110 valence electrons. The largest absolute Gasteiger partial charge is 0.451 e. The molecule has 2 aromatic carbocycles. The van der Waals surface area contributed by atoms with Gasteiger partial charge in [0.05, 0.1) is 5.02 Å². The van der Waals surface area contributed by atoms with Gasteiger partial charge < -0.3 is 9.73 Å². The van der Waals surface area contributed by atoms with Crippen molar-refractivity contribution in [1.82, 2.24) is 0 Å². The molecule has 0 saturated heterocycles. The molecular formula is C17H11BrClNO2. The molecule has 0 aliphatic heterocycles. The molecule has 0 unspecified atom stereocenters. The molecular weight excluding hydrogens is 366 g/mol. The number of rotatable bonds is 3. The Hall–Kier alpha value is -2.04. The molecule has 0 aliphatic rings. The number of anilines is 1. The summed E-state index contributed by atoms with van der Waals surface area (Å²) in [6.07, 6.45) is 0. The molecule has 0 saturated carbocycles. The van der Waals surface area contributed by atoms with Crippen molar-refractivity contribution in [2.45, 2.75) is 0 Å². The summed E-state index contributed by atoms with van der Waals surface area (Å²) < 4.78 is 6.50. The third-order valence-electron chi connectivity index (χ3n) is 3.05. The third kappa shape index (κ3) is 3.24. The molecule has 3 rings (SSSR count). The molecule has 5 heteroatoms. The molecule has 0 radical (unpaired) electrons. The molecule has 3 nitrogen and oxygen atoms in total. The number of nitrogens with one attached hydrogen (secondary N) is 1. The van der Waals surface area contributed by atoms with E-state index in [1.165, 1.54) is 0 Å². The van der Waals surface area contributed by atoms with E-state index < -0.39 is 0 Å². The summed E-state index contributed by atoms with van der Waals surface area (Å²) in [5, 5.41) is 3.36. The molecule has 22 heavy (non-hydrogen) atoms. The van der Waals surface area contributed by atoms with Crippen LogP contribution in [-0.2, 0) is 0 Å². The monoisotopic (exact) mass is 375 g/mol. The van der Waals surface area contributed by atoms with Crippen molar-refractivity contribution in [2.24, 2.45) is 0 Å². The van der Waals surface area contributed by atoms with Gasteiger partial charge in [-0.05, 0) is 42.5 Å². The lowest BCUT2D eigenvalue weighted by Gasteiger charge is -2.03. The molecule has 1 amide bonds. The van der Waals surface area contributed by atoms with Crippen molar-refractivity contribution < 1.29 is 9.21 Å². The number of carbonyl (C=O) groups is 1. The number of benzene rings is 2. The summed E-state index contributed by atoms with van der Waals surface area (Å²) in [6, 6.07) is 18.0. The molecule has 1 aromatic heterocycles. The van der Waals surface area contributed by atoms with Gasteiger partial charge >= 0.3 is 0 Å². The normalized spacial score (nSPS) is 10.5. The minimum absolute atomic E-state index is 0.231. The Morgan fingerprint density at radius 3 is 2.64 bits per heavy atom. The van der Waals surface area contributed by atoms with Gasteiger partial charge in [-0.1, -0.05) is 45.7 Å². The first-order valence-corrected chi connectivity index (χ1v) is 7.72. The molecule has 0 fully saturated rings. The standard InChI is InChI=1S/C17H11BrClNO2/c18-11-4-3-5-12(10-11)20-17(21)16-9-8-15(22-16)13-6-1-2-7-14(13)19/h1-10H,(H,20,21). The van der Waals surface area contributed by atoms with Crippen LogP contribution in [0.15, 0.2) is 69.6 Å². The quantitative estimate of drug-likeness (QED) is 0.645. The van der Waals surface area contributed by atoms with Gasteiger partial charge in [-0.15, -0.1) is 0 Å². The summed E-state index contributed by atoms with van der Waals surface area (Å²) >= 11 is 9.49. The average molecular weight is 377 g/mol. The van der Waals surface area contributed by atoms with Gasteiger partial charge in [0, 0.05) is 15.7 Å². The second kappa shape index (κ2) is 6.38. The van der Waals surface area contributed by atoms with E-state index in [-0.39, 0.29) is 11.7 Å². The van der Waals surface area contributed by atoms with Gasteiger partial charge in [-0.3, -0.25) is 4.79 Å². The van der Waals surface area contributed by atoms with E-state index in [0.717, 1.165) is 10.0 Å². The van der Waals surface area contributed by atoms with E-state index in [0.29, 0.717) is 16.5 Å². The highest BCUT2D eigenvalue weighted by Crippen LogP contribution is 2.29. The number of halogens is 2. The topological polar surface area (TPSA) is 42.2 Å². The first-order valence-electron chi connectivity index (χ1n) is 6.55. The minimum atomic E-state index is -0.309. The van der Waals surface area contributed by atoms with Crippen molar-refractivity contribution in [3.05, 3.63) is 75.9 Å². The van der Waals surface area contributed by atoms with Gasteiger partial charge in [0.1, 0.15) is 5.76 Å². The Morgan fingerprint density at radius 2 is 1.86 bits per heavy atom. The van der Waals surface area contributed by atoms with Crippen LogP contribution < -0.4 is 5.32 Å². The van der Waals surface area contributed by atoms with E-state index >= 15 is 0 Å². The van der Waals surface area contributed by atoms with Gasteiger partial charge in [-0.2, -0.15) is 0 Å². The smallest absolute Gasteiger partial charge is 0.291 e. The van der Waals surface area contributed by atoms with Crippen LogP contribution >= 0.6 is 27.5 Å². The average Bonchev–Trinajstić information content (AvgIpc) is 2.97. The summed E-state index contributed by atoms with van der Waals surface area (Å²) in [5.41, 5.74) is 1.45. The number of furan rings is 1. The summed E-state index contributed by atoms with van der Waals surface area (Å²) in [7, 11) is 0. The fourth-order valence-electron chi connectivity index (χ4n) is 2.02. The van der Waals surface area contributed by atoms with E-state index in [4.69, 9.17) is 16.0 Å². The van der Waals surface area contributed by atoms with Crippen LogP contribution in [0.2, 0.25) is 5.02 Å². The Balaban J connectivity index is 1.82. The van der Waals surface area contributed by atoms with Crippen LogP contribution in [0.3, 0.4) is 0 Å². The fraction of sp³-hybridized carbons (Fsp3) is 0. The first kappa shape index (κ1) is 14.9. The maximum absolute atomic E-state index is 12.2. The van der Waals surface area contributed by atoms with Crippen molar-refractivity contribution in [2.75, 3.05) is 5.32 Å². The lowest BCUT2D eigenvalue weighted by atomic mass is 10.2. The molecule has 0 bridgehead atoms. The molecule has 0 atom stereocenters. The maximum Gasteiger partial charge on any atom is 0.291 e. The molecule has 3 aromatic rings. The predicted molar refractivity (Wildman–Crippen MR) is 91.2 cm³/mol. The van der Waals surface area contributed by atoms with Crippen LogP contribution in [0.5, 0.6) is 0 Å². The van der Waals surface area contributed by atoms with E-state index in [1.54, 1.807) is 24.3 Å². The zero-order valence-corrected chi connectivity index (χ0v) is 13.7. The zero-order chi connectivity index (χ0) is 15.5. The molecule has 0 aliphatic carbocycles. The van der Waals surface area contributed by atoms with E-state index in [1.807, 2.05) is 36.4 Å². The lowest BCUT2D eigenvalue weighted by Crippen LogP contribution is -2.10. The van der Waals surface area contributed by atoms with Crippen molar-refractivity contribution >= 4 is 39.1 Å². The zero-order valence-electron chi connectivity index (χ0n) is 11.3. The number of hydrogen-bond acceptors (Lipinski definition) is 2. The number of hydrogen-bond donors (Lipinski definition) is 1. The Kier molecular flexibility index (Phi) is 4.32. The Morgan fingerprint density at radius 1 is 1.05 bits per heavy atom. The minimum Gasteiger partial charge on any atom is -0.451 e. The Labute approximate surface area is 141 Å². The second-order valence-electron chi connectivity index (χ2n) is 4.61. The molecule has 1 N–H and O–H groups in total. The van der Waals surface area contributed by atoms with Crippen molar-refractivity contribution in [3.63, 3.8) is 0 Å². The molecule has 0 spiro atoms. The number of amides is 1. The molecule has 1 heterocycles.